The minimum absolute atomic E-state index is 0.414. The third kappa shape index (κ3) is 2.75. The van der Waals surface area contributed by atoms with E-state index in [1.54, 1.807) is 0 Å². The highest BCUT2D eigenvalue weighted by molar-refractivity contribution is 6.03. The van der Waals surface area contributed by atoms with Gasteiger partial charge in [-0.1, -0.05) is 33.8 Å². The Morgan fingerprint density at radius 1 is 1.05 bits per heavy atom. The van der Waals surface area contributed by atoms with Crippen molar-refractivity contribution in [1.29, 1.82) is 0 Å². The summed E-state index contributed by atoms with van der Waals surface area (Å²) < 4.78 is 27.8. The zero-order chi connectivity index (χ0) is 15.3. The number of hydrogen-bond donors (Lipinski definition) is 0. The van der Waals surface area contributed by atoms with E-state index in [2.05, 4.69) is 0 Å². The lowest BCUT2D eigenvalue weighted by Crippen LogP contribution is -2.54. The Balaban J connectivity index is 3.38. The summed E-state index contributed by atoms with van der Waals surface area (Å²) in [6, 6.07) is 3.54. The van der Waals surface area contributed by atoms with Crippen molar-refractivity contribution in [2.24, 2.45) is 0 Å². The smallest absolute Gasteiger partial charge is 0.188 e. The first-order valence-electron chi connectivity index (χ1n) is 7.22. The van der Waals surface area contributed by atoms with Gasteiger partial charge in [0.25, 0.3) is 0 Å². The molecule has 0 heterocycles. The van der Waals surface area contributed by atoms with Gasteiger partial charge in [-0.25, -0.2) is 8.78 Å². The maximum Gasteiger partial charge on any atom is 0.188 e. The van der Waals surface area contributed by atoms with Crippen molar-refractivity contribution < 1.29 is 13.6 Å². The number of likely N-dealkylation sites (N-methyl/N-ethyl adjacent to an activating group) is 1. The Kier molecular flexibility index (Phi) is 5.81. The average Bonchev–Trinajstić information content (AvgIpc) is 2.44. The fourth-order valence-corrected chi connectivity index (χ4v) is 2.94. The van der Waals surface area contributed by atoms with Crippen LogP contribution >= 0.6 is 0 Å². The van der Waals surface area contributed by atoms with Gasteiger partial charge in [0.05, 0.1) is 11.1 Å². The van der Waals surface area contributed by atoms with Crippen molar-refractivity contribution in [3.8, 4) is 0 Å². The standard InChI is InChI=1S/C16H23F2NO/c1-5-16(6-2,19(7-3)8-4)15(20)14-12(17)10-9-11-13(14)18/h9-11H,5-8H2,1-4H3. The molecule has 0 atom stereocenters. The van der Waals surface area contributed by atoms with Crippen LogP contribution in [0.1, 0.15) is 50.9 Å². The maximum absolute atomic E-state index is 13.9. The van der Waals surface area contributed by atoms with Gasteiger partial charge in [-0.2, -0.15) is 0 Å². The second kappa shape index (κ2) is 6.93. The molecule has 0 aromatic heterocycles. The van der Waals surface area contributed by atoms with Gasteiger partial charge >= 0.3 is 0 Å². The first-order chi connectivity index (χ1) is 9.48. The van der Waals surface area contributed by atoms with Crippen LogP contribution < -0.4 is 0 Å². The number of halogens is 2. The Morgan fingerprint density at radius 2 is 1.50 bits per heavy atom. The van der Waals surface area contributed by atoms with Gasteiger partial charge in [0.2, 0.25) is 0 Å². The summed E-state index contributed by atoms with van der Waals surface area (Å²) >= 11 is 0. The van der Waals surface area contributed by atoms with E-state index >= 15 is 0 Å². The normalized spacial score (nSPS) is 11.9. The summed E-state index contributed by atoms with van der Waals surface area (Å²) in [6.07, 6.45) is 1.05. The molecule has 0 amide bonds. The molecule has 4 heteroatoms. The molecule has 0 aliphatic carbocycles. The summed E-state index contributed by atoms with van der Waals surface area (Å²) in [4.78, 5) is 14.8. The first kappa shape index (κ1) is 16.8. The number of carbonyl (C=O) groups excluding carboxylic acids is 1. The SMILES string of the molecule is CCN(CC)C(CC)(CC)C(=O)c1c(F)cccc1F. The minimum atomic E-state index is -0.841. The summed E-state index contributed by atoms with van der Waals surface area (Å²) in [5.74, 6) is -2.02. The summed E-state index contributed by atoms with van der Waals surface area (Å²) in [5, 5.41) is 0. The molecule has 1 aromatic carbocycles. The molecule has 112 valence electrons. The van der Waals surface area contributed by atoms with E-state index in [1.165, 1.54) is 6.07 Å². The lowest BCUT2D eigenvalue weighted by atomic mass is 9.82. The molecule has 0 aliphatic heterocycles. The largest absolute Gasteiger partial charge is 0.292 e. The van der Waals surface area contributed by atoms with Crippen LogP contribution in [0.4, 0.5) is 8.78 Å². The molecule has 0 unspecified atom stereocenters. The van der Waals surface area contributed by atoms with Crippen molar-refractivity contribution >= 4 is 5.78 Å². The third-order valence-electron chi connectivity index (χ3n) is 4.15. The van der Waals surface area contributed by atoms with Crippen molar-refractivity contribution in [1.82, 2.24) is 4.90 Å². The van der Waals surface area contributed by atoms with E-state index in [-0.39, 0.29) is 0 Å². The van der Waals surface area contributed by atoms with Gasteiger partial charge in [0, 0.05) is 0 Å². The Hall–Kier alpha value is -1.29. The second-order valence-electron chi connectivity index (χ2n) is 4.84. The van der Waals surface area contributed by atoms with Crippen LogP contribution in [0.5, 0.6) is 0 Å². The van der Waals surface area contributed by atoms with E-state index in [9.17, 15) is 13.6 Å². The van der Waals surface area contributed by atoms with Crippen LogP contribution in [0.2, 0.25) is 0 Å². The molecule has 2 nitrogen and oxygen atoms in total. The molecule has 0 fully saturated rings. The minimum Gasteiger partial charge on any atom is -0.292 e. The Labute approximate surface area is 119 Å². The summed E-state index contributed by atoms with van der Waals surface area (Å²) in [7, 11) is 0. The second-order valence-corrected chi connectivity index (χ2v) is 4.84. The van der Waals surface area contributed by atoms with Crippen molar-refractivity contribution in [2.75, 3.05) is 13.1 Å². The van der Waals surface area contributed by atoms with Crippen LogP contribution in [0.3, 0.4) is 0 Å². The van der Waals surface area contributed by atoms with Crippen molar-refractivity contribution in [3.63, 3.8) is 0 Å². The third-order valence-corrected chi connectivity index (χ3v) is 4.15. The predicted octanol–water partition coefficient (Wildman–Crippen LogP) is 4.05. The van der Waals surface area contributed by atoms with E-state index in [1.807, 2.05) is 32.6 Å². The Morgan fingerprint density at radius 3 is 1.85 bits per heavy atom. The van der Waals surface area contributed by atoms with Gasteiger partial charge < -0.3 is 0 Å². The molecule has 1 rings (SSSR count). The number of Topliss-reactive ketones (excluding diaryl/α,β-unsaturated/α-hetero) is 1. The van der Waals surface area contributed by atoms with E-state index in [4.69, 9.17) is 0 Å². The van der Waals surface area contributed by atoms with Gasteiger partial charge in [-0.15, -0.1) is 0 Å². The fourth-order valence-electron chi connectivity index (χ4n) is 2.94. The molecule has 20 heavy (non-hydrogen) atoms. The van der Waals surface area contributed by atoms with Crippen LogP contribution in [-0.2, 0) is 0 Å². The Bertz CT molecular complexity index is 445. The first-order valence-corrected chi connectivity index (χ1v) is 7.22. The maximum atomic E-state index is 13.9. The molecule has 0 aliphatic rings. The quantitative estimate of drug-likeness (QED) is 0.704. The molecule has 0 saturated heterocycles. The van der Waals surface area contributed by atoms with Gasteiger partial charge in [-0.05, 0) is 38.1 Å². The molecule has 0 saturated carbocycles. The van der Waals surface area contributed by atoms with Crippen LogP contribution in [-0.4, -0.2) is 29.3 Å². The molecule has 0 N–H and O–H groups in total. The molecule has 0 spiro atoms. The monoisotopic (exact) mass is 283 g/mol. The molecule has 0 radical (unpaired) electrons. The fraction of sp³-hybridized carbons (Fsp3) is 0.562. The summed E-state index contributed by atoms with van der Waals surface area (Å²) in [5.41, 5.74) is -1.25. The number of rotatable bonds is 7. The van der Waals surface area contributed by atoms with Crippen LogP contribution in [0, 0.1) is 11.6 Å². The molecular weight excluding hydrogens is 260 g/mol. The number of nitrogens with zero attached hydrogens (tertiary/aromatic N) is 1. The topological polar surface area (TPSA) is 20.3 Å². The highest BCUT2D eigenvalue weighted by Gasteiger charge is 2.41. The predicted molar refractivity (Wildman–Crippen MR) is 76.9 cm³/mol. The summed E-state index contributed by atoms with van der Waals surface area (Å²) in [6.45, 7) is 9.01. The molecule has 0 bridgehead atoms. The van der Waals surface area contributed by atoms with E-state index < -0.39 is 28.5 Å². The van der Waals surface area contributed by atoms with Crippen molar-refractivity contribution in [3.05, 3.63) is 35.4 Å². The van der Waals surface area contributed by atoms with Gasteiger partial charge in [-0.3, -0.25) is 9.69 Å². The molecular formula is C16H23F2NO. The van der Waals surface area contributed by atoms with Crippen LogP contribution in [0.15, 0.2) is 18.2 Å². The zero-order valence-electron chi connectivity index (χ0n) is 12.7. The van der Waals surface area contributed by atoms with Crippen molar-refractivity contribution in [2.45, 2.75) is 46.1 Å². The number of carbonyl (C=O) groups is 1. The zero-order valence-corrected chi connectivity index (χ0v) is 12.7. The van der Waals surface area contributed by atoms with E-state index in [0.29, 0.717) is 25.9 Å². The van der Waals surface area contributed by atoms with Crippen LogP contribution in [0.25, 0.3) is 0 Å². The van der Waals surface area contributed by atoms with E-state index in [0.717, 1.165) is 12.1 Å². The average molecular weight is 283 g/mol. The molecule has 1 aromatic rings. The highest BCUT2D eigenvalue weighted by Crippen LogP contribution is 2.30. The van der Waals surface area contributed by atoms with Gasteiger partial charge in [0.15, 0.2) is 5.78 Å². The van der Waals surface area contributed by atoms with Gasteiger partial charge in [0.1, 0.15) is 11.6 Å². The lowest BCUT2D eigenvalue weighted by molar-refractivity contribution is 0.0526. The highest BCUT2D eigenvalue weighted by atomic mass is 19.1. The lowest BCUT2D eigenvalue weighted by Gasteiger charge is -2.41. The number of ketones is 1. The number of benzene rings is 1. The number of hydrogen-bond acceptors (Lipinski definition) is 2.